The van der Waals surface area contributed by atoms with E-state index >= 15 is 0 Å². The van der Waals surface area contributed by atoms with Crippen molar-refractivity contribution in [2.24, 2.45) is 0 Å². The topological polar surface area (TPSA) is 42.2 Å². The summed E-state index contributed by atoms with van der Waals surface area (Å²) < 4.78 is 5.60. The van der Waals surface area contributed by atoms with E-state index in [1.165, 1.54) is 36.8 Å². The molecular formula is C20H25NO2. The molecule has 3 heteroatoms. The van der Waals surface area contributed by atoms with Gasteiger partial charge in [-0.05, 0) is 50.2 Å². The summed E-state index contributed by atoms with van der Waals surface area (Å²) in [6, 6.07) is 6.23. The van der Waals surface area contributed by atoms with Gasteiger partial charge in [-0.3, -0.25) is 4.79 Å². The Bertz CT molecular complexity index is 712. The van der Waals surface area contributed by atoms with Crippen LogP contribution in [0.3, 0.4) is 0 Å². The van der Waals surface area contributed by atoms with Crippen LogP contribution in [0.25, 0.3) is 11.0 Å². The Labute approximate surface area is 137 Å². The number of carbonyl (C=O) groups excluding carboxylic acids is 1. The molecule has 3 rings (SSSR count). The standard InChI is InChI=1S/C20H25NO2/c1-2-15-8-9-18-17(14-23-19(18)12-15)13-20(22)21-11-10-16-6-4-3-5-7-16/h6,8-9,12,14H,2-5,7,10-11,13H2,1H3,(H,21,22). The van der Waals surface area contributed by atoms with E-state index < -0.39 is 0 Å². The van der Waals surface area contributed by atoms with Gasteiger partial charge in [-0.15, -0.1) is 0 Å². The van der Waals surface area contributed by atoms with E-state index in [0.717, 1.165) is 35.9 Å². The van der Waals surface area contributed by atoms with Crippen LogP contribution in [0.4, 0.5) is 0 Å². The van der Waals surface area contributed by atoms with Gasteiger partial charge in [-0.1, -0.05) is 30.7 Å². The molecule has 23 heavy (non-hydrogen) atoms. The molecule has 0 unspecified atom stereocenters. The highest BCUT2D eigenvalue weighted by Crippen LogP contribution is 2.23. The molecule has 1 aromatic carbocycles. The molecule has 3 nitrogen and oxygen atoms in total. The average Bonchev–Trinajstić information content (AvgIpc) is 2.98. The minimum absolute atomic E-state index is 0.0728. The Kier molecular flexibility index (Phi) is 5.16. The predicted octanol–water partition coefficient (Wildman–Crippen LogP) is 4.54. The molecule has 0 atom stereocenters. The van der Waals surface area contributed by atoms with Crippen molar-refractivity contribution in [3.05, 3.63) is 47.2 Å². The lowest BCUT2D eigenvalue weighted by molar-refractivity contribution is -0.120. The Morgan fingerprint density at radius 3 is 3.00 bits per heavy atom. The minimum atomic E-state index is 0.0728. The number of hydrogen-bond donors (Lipinski definition) is 1. The first-order valence-corrected chi connectivity index (χ1v) is 8.70. The molecule has 1 N–H and O–H groups in total. The lowest BCUT2D eigenvalue weighted by Crippen LogP contribution is -2.26. The van der Waals surface area contributed by atoms with Crippen LogP contribution in [-0.4, -0.2) is 12.5 Å². The van der Waals surface area contributed by atoms with E-state index in [9.17, 15) is 4.79 Å². The second kappa shape index (κ2) is 7.49. The van der Waals surface area contributed by atoms with Gasteiger partial charge in [0.2, 0.25) is 5.91 Å². The number of fused-ring (bicyclic) bond motifs is 1. The van der Waals surface area contributed by atoms with E-state index in [0.29, 0.717) is 6.42 Å². The van der Waals surface area contributed by atoms with Crippen molar-refractivity contribution < 1.29 is 9.21 Å². The van der Waals surface area contributed by atoms with Gasteiger partial charge < -0.3 is 9.73 Å². The molecule has 0 spiro atoms. The number of hydrogen-bond acceptors (Lipinski definition) is 2. The SMILES string of the molecule is CCc1ccc2c(CC(=O)NCCC3=CCCCC3)coc2c1. The lowest BCUT2D eigenvalue weighted by Gasteiger charge is -2.12. The summed E-state index contributed by atoms with van der Waals surface area (Å²) >= 11 is 0. The Morgan fingerprint density at radius 2 is 2.22 bits per heavy atom. The summed E-state index contributed by atoms with van der Waals surface area (Å²) in [6.07, 6.45) is 11.4. The maximum atomic E-state index is 12.1. The fourth-order valence-electron chi connectivity index (χ4n) is 3.21. The number of amides is 1. The molecule has 0 saturated carbocycles. The highest BCUT2D eigenvalue weighted by molar-refractivity contribution is 5.87. The van der Waals surface area contributed by atoms with Crippen molar-refractivity contribution in [3.8, 4) is 0 Å². The van der Waals surface area contributed by atoms with E-state index in [2.05, 4.69) is 36.5 Å². The maximum absolute atomic E-state index is 12.1. The first kappa shape index (κ1) is 15.9. The van der Waals surface area contributed by atoms with Crippen LogP contribution < -0.4 is 5.32 Å². The Morgan fingerprint density at radius 1 is 1.30 bits per heavy atom. The number of nitrogens with one attached hydrogen (secondary N) is 1. The summed E-state index contributed by atoms with van der Waals surface area (Å²) in [5.41, 5.74) is 4.59. The van der Waals surface area contributed by atoms with Crippen LogP contribution in [0, 0.1) is 0 Å². The quantitative estimate of drug-likeness (QED) is 0.796. The number of allylic oxidation sites excluding steroid dienone is 1. The molecule has 1 aliphatic carbocycles. The number of rotatable bonds is 6. The zero-order chi connectivity index (χ0) is 16.1. The van der Waals surface area contributed by atoms with Crippen LogP contribution in [0.15, 0.2) is 40.5 Å². The van der Waals surface area contributed by atoms with Crippen molar-refractivity contribution >= 4 is 16.9 Å². The molecule has 0 aliphatic heterocycles. The second-order valence-corrected chi connectivity index (χ2v) is 6.33. The molecule has 0 fully saturated rings. The second-order valence-electron chi connectivity index (χ2n) is 6.33. The predicted molar refractivity (Wildman–Crippen MR) is 93.5 cm³/mol. The third kappa shape index (κ3) is 4.04. The summed E-state index contributed by atoms with van der Waals surface area (Å²) in [6.45, 7) is 2.86. The molecule has 122 valence electrons. The molecule has 1 heterocycles. The normalized spacial score (nSPS) is 14.7. The van der Waals surface area contributed by atoms with E-state index in [1.807, 2.05) is 0 Å². The number of aryl methyl sites for hydroxylation is 1. The molecule has 1 aromatic heterocycles. The molecule has 0 radical (unpaired) electrons. The monoisotopic (exact) mass is 311 g/mol. The number of furan rings is 1. The van der Waals surface area contributed by atoms with Crippen LogP contribution >= 0.6 is 0 Å². The fraction of sp³-hybridized carbons (Fsp3) is 0.450. The van der Waals surface area contributed by atoms with Crippen LogP contribution in [-0.2, 0) is 17.6 Å². The highest BCUT2D eigenvalue weighted by Gasteiger charge is 2.11. The summed E-state index contributed by atoms with van der Waals surface area (Å²) in [4.78, 5) is 12.1. The van der Waals surface area contributed by atoms with E-state index in [1.54, 1.807) is 6.26 Å². The molecule has 2 aromatic rings. The van der Waals surface area contributed by atoms with Crippen LogP contribution in [0.5, 0.6) is 0 Å². The van der Waals surface area contributed by atoms with E-state index in [4.69, 9.17) is 4.42 Å². The summed E-state index contributed by atoms with van der Waals surface area (Å²) in [5.74, 6) is 0.0728. The maximum Gasteiger partial charge on any atom is 0.224 e. The van der Waals surface area contributed by atoms with Gasteiger partial charge in [-0.25, -0.2) is 0 Å². The van der Waals surface area contributed by atoms with Crippen molar-refractivity contribution in [3.63, 3.8) is 0 Å². The average molecular weight is 311 g/mol. The highest BCUT2D eigenvalue weighted by atomic mass is 16.3. The number of benzene rings is 1. The van der Waals surface area contributed by atoms with Gasteiger partial charge in [0.05, 0.1) is 12.7 Å². The summed E-state index contributed by atoms with van der Waals surface area (Å²) in [7, 11) is 0. The molecule has 0 bridgehead atoms. The third-order valence-electron chi connectivity index (χ3n) is 4.63. The van der Waals surface area contributed by atoms with Crippen LogP contribution in [0.2, 0.25) is 0 Å². The zero-order valence-corrected chi connectivity index (χ0v) is 13.9. The van der Waals surface area contributed by atoms with Gasteiger partial charge in [-0.2, -0.15) is 0 Å². The molecule has 1 aliphatic rings. The molecular weight excluding hydrogens is 286 g/mol. The minimum Gasteiger partial charge on any atom is -0.464 e. The van der Waals surface area contributed by atoms with Gasteiger partial charge >= 0.3 is 0 Å². The number of carbonyl (C=O) groups is 1. The third-order valence-corrected chi connectivity index (χ3v) is 4.63. The van der Waals surface area contributed by atoms with Gasteiger partial charge in [0, 0.05) is 17.5 Å². The Hall–Kier alpha value is -2.03. The molecule has 1 amide bonds. The van der Waals surface area contributed by atoms with Crippen molar-refractivity contribution in [2.45, 2.75) is 51.9 Å². The van der Waals surface area contributed by atoms with Gasteiger partial charge in [0.25, 0.3) is 0 Å². The largest absolute Gasteiger partial charge is 0.464 e. The first-order chi connectivity index (χ1) is 11.3. The van der Waals surface area contributed by atoms with Crippen molar-refractivity contribution in [2.75, 3.05) is 6.54 Å². The zero-order valence-electron chi connectivity index (χ0n) is 13.9. The Balaban J connectivity index is 1.54. The lowest BCUT2D eigenvalue weighted by atomic mass is 9.97. The first-order valence-electron chi connectivity index (χ1n) is 8.70. The molecule has 0 saturated heterocycles. The van der Waals surface area contributed by atoms with Gasteiger partial charge in [0.15, 0.2) is 0 Å². The van der Waals surface area contributed by atoms with Gasteiger partial charge in [0.1, 0.15) is 5.58 Å². The smallest absolute Gasteiger partial charge is 0.224 e. The van der Waals surface area contributed by atoms with Crippen LogP contribution in [0.1, 0.15) is 50.2 Å². The van der Waals surface area contributed by atoms with Crippen molar-refractivity contribution in [1.82, 2.24) is 5.32 Å². The summed E-state index contributed by atoms with van der Waals surface area (Å²) in [5, 5.41) is 4.08. The van der Waals surface area contributed by atoms with Crippen molar-refractivity contribution in [1.29, 1.82) is 0 Å². The van der Waals surface area contributed by atoms with E-state index in [-0.39, 0.29) is 5.91 Å². The fourth-order valence-corrected chi connectivity index (χ4v) is 3.21.